The molecule has 0 radical (unpaired) electrons. The van der Waals surface area contributed by atoms with Crippen LogP contribution in [-0.2, 0) is 4.74 Å². The van der Waals surface area contributed by atoms with Crippen LogP contribution in [0.5, 0.6) is 5.75 Å². The summed E-state index contributed by atoms with van der Waals surface area (Å²) in [7, 11) is 3.59. The van der Waals surface area contributed by atoms with Gasteiger partial charge >= 0.3 is 0 Å². The average molecular weight is 437 g/mol. The van der Waals surface area contributed by atoms with E-state index < -0.39 is 5.60 Å². The van der Waals surface area contributed by atoms with E-state index in [4.69, 9.17) is 9.47 Å². The molecule has 174 valence electrons. The number of methoxy groups -OCH3 is 2. The first-order valence-electron chi connectivity index (χ1n) is 12.7. The smallest absolute Gasteiger partial charge is 0.134 e. The predicted molar refractivity (Wildman–Crippen MR) is 127 cm³/mol. The van der Waals surface area contributed by atoms with E-state index in [1.54, 1.807) is 7.11 Å². The van der Waals surface area contributed by atoms with E-state index in [-0.39, 0.29) is 0 Å². The van der Waals surface area contributed by atoms with Crippen LogP contribution >= 0.6 is 0 Å². The van der Waals surface area contributed by atoms with E-state index in [0.717, 1.165) is 48.3 Å². The Morgan fingerprint density at radius 3 is 2.47 bits per heavy atom. The van der Waals surface area contributed by atoms with Gasteiger partial charge in [0.05, 0.1) is 18.8 Å². The van der Waals surface area contributed by atoms with Gasteiger partial charge in [0.15, 0.2) is 0 Å². The van der Waals surface area contributed by atoms with Crippen molar-refractivity contribution in [3.63, 3.8) is 0 Å². The molecule has 0 heterocycles. The number of fused-ring (bicyclic) bond motifs is 5. The summed E-state index contributed by atoms with van der Waals surface area (Å²) in [5, 5.41) is 11.5. The topological polar surface area (TPSA) is 38.7 Å². The minimum atomic E-state index is -0.879. The van der Waals surface area contributed by atoms with Crippen molar-refractivity contribution in [3.8, 4) is 17.6 Å². The summed E-state index contributed by atoms with van der Waals surface area (Å²) >= 11 is 0. The Morgan fingerprint density at radius 2 is 1.69 bits per heavy atom. The highest BCUT2D eigenvalue weighted by Crippen LogP contribution is 2.67. The first kappa shape index (κ1) is 22.3. The summed E-state index contributed by atoms with van der Waals surface area (Å²) in [5.74, 6) is 10.3. The third-order valence-electron chi connectivity index (χ3n) is 10.5. The van der Waals surface area contributed by atoms with Gasteiger partial charge in [0, 0.05) is 7.11 Å². The lowest BCUT2D eigenvalue weighted by atomic mass is 9.44. The molecule has 1 N–H and O–H groups in total. The molecule has 3 heteroatoms. The Labute approximate surface area is 194 Å². The van der Waals surface area contributed by atoms with E-state index >= 15 is 0 Å². The second-order valence-corrected chi connectivity index (χ2v) is 11.7. The van der Waals surface area contributed by atoms with Crippen molar-refractivity contribution in [2.75, 3.05) is 14.2 Å². The molecule has 4 saturated carbocycles. The lowest BCUT2D eigenvalue weighted by Crippen LogP contribution is -2.56. The van der Waals surface area contributed by atoms with E-state index in [9.17, 15) is 5.11 Å². The molecule has 3 unspecified atom stereocenters. The van der Waals surface area contributed by atoms with Crippen molar-refractivity contribution in [2.24, 2.45) is 34.5 Å². The number of rotatable bonds is 2. The Morgan fingerprint density at radius 1 is 0.906 bits per heavy atom. The minimum Gasteiger partial charge on any atom is -0.495 e. The fourth-order valence-electron chi connectivity index (χ4n) is 8.63. The average Bonchev–Trinajstić information content (AvgIpc) is 3.15. The highest BCUT2D eigenvalue weighted by Gasteiger charge is 2.61. The molecule has 1 aromatic rings. The van der Waals surface area contributed by atoms with Gasteiger partial charge in [-0.3, -0.25) is 0 Å². The monoisotopic (exact) mass is 436 g/mol. The lowest BCUT2D eigenvalue weighted by Gasteiger charge is -2.61. The summed E-state index contributed by atoms with van der Waals surface area (Å²) in [6, 6.07) is 7.84. The van der Waals surface area contributed by atoms with Crippen LogP contribution in [0.3, 0.4) is 0 Å². The van der Waals surface area contributed by atoms with Gasteiger partial charge < -0.3 is 14.6 Å². The Bertz CT molecular complexity index is 914. The number of ether oxygens (including phenoxy) is 2. The van der Waals surface area contributed by atoms with Crippen LogP contribution in [0, 0.1) is 46.3 Å². The van der Waals surface area contributed by atoms with Gasteiger partial charge in [-0.25, -0.2) is 0 Å². The maximum Gasteiger partial charge on any atom is 0.134 e. The number of para-hydroxylation sites is 1. The molecule has 4 fully saturated rings. The zero-order valence-electron chi connectivity index (χ0n) is 20.3. The summed E-state index contributed by atoms with van der Waals surface area (Å²) in [4.78, 5) is 0. The molecule has 5 rings (SSSR count). The van der Waals surface area contributed by atoms with Crippen molar-refractivity contribution in [1.82, 2.24) is 0 Å². The molecule has 1 aromatic carbocycles. The third kappa shape index (κ3) is 3.41. The highest BCUT2D eigenvalue weighted by atomic mass is 16.5. The molecule has 0 aromatic heterocycles. The SMILES string of the molecule is COc1ccccc1C#CC1(O)CC[C@@]2(C)C(CC[C@@H]3[C@H]2CC[C@]2(C)C(OC)CC[C@@H]32)C1. The molecule has 4 aliphatic carbocycles. The largest absolute Gasteiger partial charge is 0.495 e. The molecule has 8 atom stereocenters. The molecule has 0 bridgehead atoms. The molecule has 0 aliphatic heterocycles. The molecular formula is C29H40O3. The van der Waals surface area contributed by atoms with Crippen molar-refractivity contribution in [3.05, 3.63) is 29.8 Å². The van der Waals surface area contributed by atoms with Gasteiger partial charge in [0.2, 0.25) is 0 Å². The number of aliphatic hydroxyl groups is 1. The van der Waals surface area contributed by atoms with Crippen LogP contribution < -0.4 is 4.74 Å². The van der Waals surface area contributed by atoms with Gasteiger partial charge in [0.1, 0.15) is 11.4 Å². The summed E-state index contributed by atoms with van der Waals surface area (Å²) in [5.41, 5.74) is 0.693. The second-order valence-electron chi connectivity index (χ2n) is 11.7. The van der Waals surface area contributed by atoms with Gasteiger partial charge in [-0.15, -0.1) is 0 Å². The van der Waals surface area contributed by atoms with E-state index in [2.05, 4.69) is 25.7 Å². The Balaban J connectivity index is 1.35. The van der Waals surface area contributed by atoms with E-state index in [0.29, 0.717) is 22.9 Å². The highest BCUT2D eigenvalue weighted by molar-refractivity contribution is 5.47. The second kappa shape index (κ2) is 8.07. The summed E-state index contributed by atoms with van der Waals surface area (Å²) < 4.78 is 11.4. The fraction of sp³-hybridized carbons (Fsp3) is 0.724. The molecule has 0 amide bonds. The number of benzene rings is 1. The van der Waals surface area contributed by atoms with E-state index in [1.165, 1.54) is 38.5 Å². The maximum absolute atomic E-state index is 11.5. The first-order chi connectivity index (χ1) is 15.3. The number of hydrogen-bond donors (Lipinski definition) is 1. The van der Waals surface area contributed by atoms with Crippen molar-refractivity contribution < 1.29 is 14.6 Å². The van der Waals surface area contributed by atoms with Gasteiger partial charge in [0.25, 0.3) is 0 Å². The Hall–Kier alpha value is -1.50. The quantitative estimate of drug-likeness (QED) is 0.592. The van der Waals surface area contributed by atoms with Crippen LogP contribution in [0.2, 0.25) is 0 Å². The molecule has 32 heavy (non-hydrogen) atoms. The van der Waals surface area contributed by atoms with Gasteiger partial charge in [-0.05, 0) is 104 Å². The summed E-state index contributed by atoms with van der Waals surface area (Å²) in [6.45, 7) is 5.06. The zero-order chi connectivity index (χ0) is 22.6. The standard InChI is InChI=1S/C29H40O3/c1-27-17-18-29(30,16-13-20-7-5-6-8-25(20)31-3)19-21(27)9-10-22-23-11-12-26(32-4)28(23,2)15-14-24(22)27/h5-8,21-24,26,30H,9-12,14-15,17-19H2,1-4H3/t21?,22-,23-,24+,26?,27-,28-,29?/m0/s1. The normalized spacial score (nSPS) is 45.1. The van der Waals surface area contributed by atoms with Crippen molar-refractivity contribution >= 4 is 0 Å². The fourth-order valence-corrected chi connectivity index (χ4v) is 8.63. The van der Waals surface area contributed by atoms with Gasteiger partial charge in [-0.2, -0.15) is 0 Å². The molecule has 4 aliphatic rings. The molecule has 3 nitrogen and oxygen atoms in total. The van der Waals surface area contributed by atoms with Gasteiger partial charge in [-0.1, -0.05) is 37.8 Å². The first-order valence-corrected chi connectivity index (χ1v) is 12.7. The van der Waals surface area contributed by atoms with E-state index in [1.807, 2.05) is 31.4 Å². The molecule has 0 saturated heterocycles. The van der Waals surface area contributed by atoms with Crippen LogP contribution in [-0.4, -0.2) is 31.0 Å². The maximum atomic E-state index is 11.5. The predicted octanol–water partition coefficient (Wildman–Crippen LogP) is 5.84. The third-order valence-corrected chi connectivity index (χ3v) is 10.5. The van der Waals surface area contributed by atoms with Crippen molar-refractivity contribution in [1.29, 1.82) is 0 Å². The molecule has 0 spiro atoms. The van der Waals surface area contributed by atoms with Crippen molar-refractivity contribution in [2.45, 2.75) is 83.3 Å². The van der Waals surface area contributed by atoms with Crippen LogP contribution in [0.4, 0.5) is 0 Å². The van der Waals surface area contributed by atoms with Crippen LogP contribution in [0.25, 0.3) is 0 Å². The van der Waals surface area contributed by atoms with Crippen LogP contribution in [0.15, 0.2) is 24.3 Å². The lowest BCUT2D eigenvalue weighted by molar-refractivity contribution is -0.146. The Kier molecular flexibility index (Phi) is 5.62. The minimum absolute atomic E-state index is 0.341. The van der Waals surface area contributed by atoms with Crippen LogP contribution in [0.1, 0.15) is 77.2 Å². The zero-order valence-corrected chi connectivity index (χ0v) is 20.3. The number of hydrogen-bond acceptors (Lipinski definition) is 3. The molecular weight excluding hydrogens is 396 g/mol. The summed E-state index contributed by atoms with van der Waals surface area (Å²) in [6.07, 6.45) is 10.9.